The fourth-order valence-electron chi connectivity index (χ4n) is 4.20. The zero-order valence-corrected chi connectivity index (χ0v) is 22.3. The van der Waals surface area contributed by atoms with Crippen molar-refractivity contribution < 1.29 is 49.5 Å². The lowest BCUT2D eigenvalue weighted by atomic mass is 9.91. The summed E-state index contributed by atoms with van der Waals surface area (Å²) in [6.45, 7) is 1.77. The van der Waals surface area contributed by atoms with E-state index in [2.05, 4.69) is 27.7 Å². The first kappa shape index (κ1) is 33.3. The van der Waals surface area contributed by atoms with Crippen molar-refractivity contribution in [2.45, 2.75) is 32.4 Å². The Bertz CT molecular complexity index is 1060. The molecule has 0 saturated carbocycles. The van der Waals surface area contributed by atoms with Crippen LogP contribution >= 0.6 is 12.2 Å². The Balaban J connectivity index is 3.24. The van der Waals surface area contributed by atoms with E-state index >= 15 is 0 Å². The highest BCUT2D eigenvalue weighted by Crippen LogP contribution is 2.20. The lowest BCUT2D eigenvalue weighted by Crippen LogP contribution is -2.55. The number of hydrogen-bond donors (Lipinski definition) is 6. The topological polar surface area (TPSA) is 217 Å². The Morgan fingerprint density at radius 3 is 1.77 bits per heavy atom. The van der Waals surface area contributed by atoms with Crippen LogP contribution in [0.25, 0.3) is 0 Å². The maximum Gasteiger partial charge on any atom is 0.332 e. The second-order valence-corrected chi connectivity index (χ2v) is 9.89. The first-order chi connectivity index (χ1) is 18.1. The molecule has 0 saturated heterocycles. The van der Waals surface area contributed by atoms with Gasteiger partial charge in [0.15, 0.2) is 0 Å². The van der Waals surface area contributed by atoms with Gasteiger partial charge in [0.25, 0.3) is 0 Å². The molecular formula is C24H32N4O10S. The molecular weight excluding hydrogens is 536 g/mol. The zero-order valence-electron chi connectivity index (χ0n) is 21.4. The maximum absolute atomic E-state index is 11.6. The van der Waals surface area contributed by atoms with Crippen molar-refractivity contribution in [2.75, 3.05) is 39.3 Å². The molecule has 1 aromatic rings. The Labute approximate surface area is 229 Å². The molecule has 0 amide bonds. The Morgan fingerprint density at radius 2 is 1.33 bits per heavy atom. The summed E-state index contributed by atoms with van der Waals surface area (Å²) in [5, 5.41) is 51.3. The summed E-state index contributed by atoms with van der Waals surface area (Å²) in [7, 11) is 0. The average Bonchev–Trinajstić information content (AvgIpc) is 2.76. The van der Waals surface area contributed by atoms with Gasteiger partial charge < -0.3 is 25.5 Å². The fourth-order valence-corrected chi connectivity index (χ4v) is 4.31. The van der Waals surface area contributed by atoms with Gasteiger partial charge in [-0.25, -0.2) is 9.59 Å². The number of benzene rings is 1. The number of nitrogens with one attached hydrogen (secondary N) is 1. The molecule has 15 heteroatoms. The minimum atomic E-state index is -1.96. The van der Waals surface area contributed by atoms with E-state index in [1.54, 1.807) is 38.1 Å². The lowest BCUT2D eigenvalue weighted by molar-refractivity contribution is -0.152. The van der Waals surface area contributed by atoms with Crippen molar-refractivity contribution in [3.63, 3.8) is 0 Å². The van der Waals surface area contributed by atoms with Crippen LogP contribution in [0.2, 0.25) is 0 Å². The van der Waals surface area contributed by atoms with Crippen molar-refractivity contribution in [2.24, 2.45) is 10.4 Å². The summed E-state index contributed by atoms with van der Waals surface area (Å²) in [6, 6.07) is 3.82. The number of carbonyl (C=O) groups is 5. The van der Waals surface area contributed by atoms with Crippen LogP contribution in [0.4, 0.5) is 5.69 Å². The number of carboxylic acids is 5. The molecule has 0 heterocycles. The third-order valence-corrected chi connectivity index (χ3v) is 5.44. The van der Waals surface area contributed by atoms with Crippen LogP contribution in [-0.2, 0) is 30.4 Å². The smallest absolute Gasteiger partial charge is 0.332 e. The van der Waals surface area contributed by atoms with E-state index in [0.717, 1.165) is 0 Å². The van der Waals surface area contributed by atoms with Gasteiger partial charge in [-0.2, -0.15) is 4.99 Å². The summed E-state index contributed by atoms with van der Waals surface area (Å²) >= 11 is 4.57. The standard InChI is InChI=1S/C24H32N4O10S/c1-24(2,13-28(10-19(31)32)11-20(33)34)12-27(9-18(29)30)8-17(26-21(22(35)36)23(37)38)7-15-3-5-16(6-4-15)25-14-39/h3-6,17,21,26H,7-13H2,1-2H3,(H,29,30)(H,31,32)(H,33,34)(H,35,36)(H,37,38). The van der Waals surface area contributed by atoms with Gasteiger partial charge in [0.05, 0.1) is 30.5 Å². The van der Waals surface area contributed by atoms with Crippen molar-refractivity contribution in [1.82, 2.24) is 15.1 Å². The van der Waals surface area contributed by atoms with E-state index < -0.39 is 67.0 Å². The molecule has 0 aliphatic rings. The van der Waals surface area contributed by atoms with Gasteiger partial charge in [-0.3, -0.25) is 29.5 Å². The zero-order chi connectivity index (χ0) is 29.8. The third-order valence-electron chi connectivity index (χ3n) is 5.35. The maximum atomic E-state index is 11.6. The van der Waals surface area contributed by atoms with Crippen LogP contribution in [0.1, 0.15) is 19.4 Å². The van der Waals surface area contributed by atoms with Crippen LogP contribution in [0.3, 0.4) is 0 Å². The summed E-state index contributed by atoms with van der Waals surface area (Å²) in [6.07, 6.45) is 0.124. The molecule has 1 aromatic carbocycles. The van der Waals surface area contributed by atoms with Crippen LogP contribution in [0.15, 0.2) is 29.3 Å². The van der Waals surface area contributed by atoms with Crippen molar-refractivity contribution >= 4 is 52.9 Å². The van der Waals surface area contributed by atoms with E-state index in [-0.39, 0.29) is 26.1 Å². The largest absolute Gasteiger partial charge is 0.480 e. The average molecular weight is 569 g/mol. The van der Waals surface area contributed by atoms with Gasteiger partial charge >= 0.3 is 29.8 Å². The minimum Gasteiger partial charge on any atom is -0.480 e. The number of isothiocyanates is 1. The van der Waals surface area contributed by atoms with E-state index in [0.29, 0.717) is 11.3 Å². The van der Waals surface area contributed by atoms with Gasteiger partial charge in [0, 0.05) is 25.7 Å². The molecule has 6 N–H and O–H groups in total. The minimum absolute atomic E-state index is 0.00541. The first-order valence-corrected chi connectivity index (χ1v) is 12.0. The molecule has 14 nitrogen and oxygen atoms in total. The number of aliphatic imine (C=N–C) groups is 1. The van der Waals surface area contributed by atoms with Crippen molar-refractivity contribution in [3.8, 4) is 0 Å². The van der Waals surface area contributed by atoms with Crippen LogP contribution in [0.5, 0.6) is 0 Å². The molecule has 0 radical (unpaired) electrons. The van der Waals surface area contributed by atoms with E-state index in [1.165, 1.54) is 9.80 Å². The molecule has 0 aliphatic heterocycles. The highest BCUT2D eigenvalue weighted by Gasteiger charge is 2.32. The molecule has 214 valence electrons. The predicted molar refractivity (Wildman–Crippen MR) is 140 cm³/mol. The number of thiocarbonyl (C=S) groups is 1. The molecule has 0 bridgehead atoms. The molecule has 39 heavy (non-hydrogen) atoms. The summed E-state index contributed by atoms with van der Waals surface area (Å²) < 4.78 is 0. The summed E-state index contributed by atoms with van der Waals surface area (Å²) in [5.74, 6) is -6.90. The predicted octanol–water partition coefficient (Wildman–Crippen LogP) is 0.343. The molecule has 0 aliphatic carbocycles. The number of hydrogen-bond acceptors (Lipinski definition) is 10. The Kier molecular flexibility index (Phi) is 13.3. The fraction of sp³-hybridized carbons (Fsp3) is 0.500. The van der Waals surface area contributed by atoms with Crippen LogP contribution in [-0.4, -0.2) is 122 Å². The van der Waals surface area contributed by atoms with E-state index in [1.807, 2.05) is 0 Å². The quantitative estimate of drug-likeness (QED) is 0.0754. The van der Waals surface area contributed by atoms with E-state index in [4.69, 9.17) is 10.2 Å². The Morgan fingerprint density at radius 1 is 0.872 bits per heavy atom. The van der Waals surface area contributed by atoms with Crippen LogP contribution < -0.4 is 5.32 Å². The van der Waals surface area contributed by atoms with E-state index in [9.17, 15) is 39.3 Å². The number of rotatable bonds is 19. The normalized spacial score (nSPS) is 12.2. The van der Waals surface area contributed by atoms with Gasteiger partial charge in [-0.15, -0.1) is 0 Å². The lowest BCUT2D eigenvalue weighted by Gasteiger charge is -2.37. The monoisotopic (exact) mass is 568 g/mol. The molecule has 1 atom stereocenters. The highest BCUT2D eigenvalue weighted by atomic mass is 32.1. The highest BCUT2D eigenvalue weighted by molar-refractivity contribution is 7.78. The van der Waals surface area contributed by atoms with Crippen molar-refractivity contribution in [3.05, 3.63) is 29.8 Å². The first-order valence-electron chi connectivity index (χ1n) is 11.6. The SMILES string of the molecule is CC(C)(CN(CC(=O)O)CC(=O)O)CN(CC(=O)O)CC(Cc1ccc(N=C=S)cc1)NC(C(=O)O)C(=O)O. The van der Waals surface area contributed by atoms with Gasteiger partial charge in [-0.05, 0) is 41.7 Å². The Hall–Kier alpha value is -3.75. The molecule has 0 fully saturated rings. The van der Waals surface area contributed by atoms with Gasteiger partial charge in [0.1, 0.15) is 0 Å². The number of nitrogens with zero attached hydrogens (tertiary/aromatic N) is 3. The molecule has 1 rings (SSSR count). The number of aliphatic carboxylic acids is 5. The second-order valence-electron chi connectivity index (χ2n) is 9.71. The van der Waals surface area contributed by atoms with Crippen LogP contribution in [0, 0.1) is 5.41 Å². The molecule has 0 spiro atoms. The molecule has 0 aromatic heterocycles. The number of carboxylic acid groups (broad SMARTS) is 5. The van der Waals surface area contributed by atoms with Gasteiger partial charge in [-0.1, -0.05) is 26.0 Å². The third kappa shape index (κ3) is 13.6. The second kappa shape index (κ2) is 15.6. The van der Waals surface area contributed by atoms with Crippen molar-refractivity contribution in [1.29, 1.82) is 0 Å². The van der Waals surface area contributed by atoms with Gasteiger partial charge in [0.2, 0.25) is 6.04 Å². The summed E-state index contributed by atoms with van der Waals surface area (Å²) in [4.78, 5) is 63.6. The summed E-state index contributed by atoms with van der Waals surface area (Å²) in [5.41, 5.74) is 0.382. The molecule has 1 unspecified atom stereocenters.